The highest BCUT2D eigenvalue weighted by molar-refractivity contribution is 7.92. The Morgan fingerprint density at radius 3 is 1.81 bits per heavy atom. The predicted octanol–water partition coefficient (Wildman–Crippen LogP) is 4.04. The molecule has 26 heavy (non-hydrogen) atoms. The van der Waals surface area contributed by atoms with Gasteiger partial charge in [-0.1, -0.05) is 36.4 Å². The molecule has 0 aliphatic carbocycles. The summed E-state index contributed by atoms with van der Waals surface area (Å²) in [5.74, 6) is -0.166. The van der Waals surface area contributed by atoms with Crippen molar-refractivity contribution in [1.29, 1.82) is 0 Å². The first kappa shape index (κ1) is 17.7. The second-order valence-corrected chi connectivity index (χ2v) is 7.51. The molecule has 0 aromatic heterocycles. The fourth-order valence-corrected chi connectivity index (χ4v) is 3.13. The van der Waals surface area contributed by atoms with Crippen molar-refractivity contribution in [2.24, 2.45) is 0 Å². The predicted molar refractivity (Wildman–Crippen MR) is 104 cm³/mol. The van der Waals surface area contributed by atoms with Crippen molar-refractivity contribution in [2.75, 3.05) is 15.9 Å². The first-order valence-electron chi connectivity index (χ1n) is 7.96. The molecule has 1 N–H and O–H groups in total. The monoisotopic (exact) mass is 366 g/mol. The molecule has 0 atom stereocenters. The molecule has 0 bridgehead atoms. The van der Waals surface area contributed by atoms with E-state index >= 15 is 0 Å². The van der Waals surface area contributed by atoms with Gasteiger partial charge in [0.15, 0.2) is 0 Å². The van der Waals surface area contributed by atoms with E-state index in [1.54, 1.807) is 41.3 Å². The highest BCUT2D eigenvalue weighted by atomic mass is 32.2. The number of anilines is 3. The number of carbonyl (C=O) groups is 1. The van der Waals surface area contributed by atoms with E-state index in [1.807, 2.05) is 48.5 Å². The molecule has 0 fully saturated rings. The molecule has 0 heterocycles. The number of benzene rings is 3. The Kier molecular flexibility index (Phi) is 5.04. The van der Waals surface area contributed by atoms with Gasteiger partial charge >= 0.3 is 0 Å². The summed E-state index contributed by atoms with van der Waals surface area (Å²) in [5.41, 5.74) is 2.38. The van der Waals surface area contributed by atoms with Crippen LogP contribution in [0.4, 0.5) is 17.1 Å². The van der Waals surface area contributed by atoms with E-state index in [9.17, 15) is 13.2 Å². The Morgan fingerprint density at radius 2 is 1.27 bits per heavy atom. The molecule has 6 heteroatoms. The Bertz CT molecular complexity index is 986. The van der Waals surface area contributed by atoms with E-state index in [1.165, 1.54) is 0 Å². The third-order valence-electron chi connectivity index (χ3n) is 3.67. The SMILES string of the molecule is CS(=O)(=O)Nc1ccc(N(C(=O)c2ccccc2)c2ccccc2)cc1. The average Bonchev–Trinajstić information content (AvgIpc) is 2.64. The summed E-state index contributed by atoms with van der Waals surface area (Å²) in [7, 11) is -3.35. The van der Waals surface area contributed by atoms with Crippen LogP contribution < -0.4 is 9.62 Å². The third kappa shape index (κ3) is 4.29. The Labute approximate surface area is 153 Å². The first-order valence-corrected chi connectivity index (χ1v) is 9.85. The van der Waals surface area contributed by atoms with Crippen molar-refractivity contribution in [3.63, 3.8) is 0 Å². The van der Waals surface area contributed by atoms with Crippen LogP contribution >= 0.6 is 0 Å². The van der Waals surface area contributed by atoms with Gasteiger partial charge in [-0.15, -0.1) is 0 Å². The van der Waals surface area contributed by atoms with Crippen LogP contribution in [-0.4, -0.2) is 20.6 Å². The van der Waals surface area contributed by atoms with Crippen LogP contribution in [0.1, 0.15) is 10.4 Å². The van der Waals surface area contributed by atoms with Crippen molar-refractivity contribution < 1.29 is 13.2 Å². The fraction of sp³-hybridized carbons (Fsp3) is 0.0500. The second-order valence-electron chi connectivity index (χ2n) is 5.76. The number of hydrogen-bond donors (Lipinski definition) is 1. The molecule has 0 unspecified atom stereocenters. The van der Waals surface area contributed by atoms with Crippen molar-refractivity contribution in [2.45, 2.75) is 0 Å². The van der Waals surface area contributed by atoms with Gasteiger partial charge in [-0.2, -0.15) is 0 Å². The van der Waals surface area contributed by atoms with Crippen LogP contribution in [0.3, 0.4) is 0 Å². The molecule has 0 saturated carbocycles. The lowest BCUT2D eigenvalue weighted by molar-refractivity contribution is 0.0999. The Balaban J connectivity index is 2.00. The Morgan fingerprint density at radius 1 is 0.769 bits per heavy atom. The van der Waals surface area contributed by atoms with Gasteiger partial charge in [0.2, 0.25) is 10.0 Å². The molecule has 5 nitrogen and oxygen atoms in total. The number of carbonyl (C=O) groups excluding carboxylic acids is 1. The largest absolute Gasteiger partial charge is 0.284 e. The van der Waals surface area contributed by atoms with Gasteiger partial charge in [0.05, 0.1) is 6.26 Å². The van der Waals surface area contributed by atoms with Crippen molar-refractivity contribution in [3.05, 3.63) is 90.5 Å². The minimum atomic E-state index is -3.35. The minimum absolute atomic E-state index is 0.166. The maximum absolute atomic E-state index is 13.1. The molecular weight excluding hydrogens is 348 g/mol. The zero-order valence-corrected chi connectivity index (χ0v) is 15.0. The smallest absolute Gasteiger partial charge is 0.262 e. The van der Waals surface area contributed by atoms with Crippen molar-refractivity contribution in [1.82, 2.24) is 0 Å². The number of para-hydroxylation sites is 1. The zero-order valence-electron chi connectivity index (χ0n) is 14.2. The number of hydrogen-bond acceptors (Lipinski definition) is 3. The zero-order chi connectivity index (χ0) is 18.6. The van der Waals surface area contributed by atoms with Crippen molar-refractivity contribution >= 4 is 33.0 Å². The van der Waals surface area contributed by atoms with Crippen LogP contribution in [0.15, 0.2) is 84.9 Å². The van der Waals surface area contributed by atoms with Gasteiger partial charge in [0.1, 0.15) is 0 Å². The van der Waals surface area contributed by atoms with Crippen LogP contribution in [0, 0.1) is 0 Å². The quantitative estimate of drug-likeness (QED) is 0.741. The summed E-state index contributed by atoms with van der Waals surface area (Å²) < 4.78 is 25.1. The van der Waals surface area contributed by atoms with Gasteiger partial charge in [0, 0.05) is 22.6 Å². The highest BCUT2D eigenvalue weighted by Gasteiger charge is 2.19. The lowest BCUT2D eigenvalue weighted by atomic mass is 10.1. The maximum Gasteiger partial charge on any atom is 0.262 e. The summed E-state index contributed by atoms with van der Waals surface area (Å²) >= 11 is 0. The number of sulfonamides is 1. The molecule has 0 radical (unpaired) electrons. The average molecular weight is 366 g/mol. The lowest BCUT2D eigenvalue weighted by Gasteiger charge is -2.23. The second kappa shape index (κ2) is 7.41. The molecule has 3 aromatic carbocycles. The topological polar surface area (TPSA) is 66.5 Å². The highest BCUT2D eigenvalue weighted by Crippen LogP contribution is 2.28. The summed E-state index contributed by atoms with van der Waals surface area (Å²) in [5, 5.41) is 0. The van der Waals surface area contributed by atoms with Gasteiger partial charge < -0.3 is 0 Å². The van der Waals surface area contributed by atoms with E-state index < -0.39 is 10.0 Å². The molecule has 1 amide bonds. The molecule has 0 aliphatic heterocycles. The van der Waals surface area contributed by atoms with E-state index in [2.05, 4.69) is 4.72 Å². The van der Waals surface area contributed by atoms with Gasteiger partial charge in [-0.3, -0.25) is 14.4 Å². The molecular formula is C20H18N2O3S. The van der Waals surface area contributed by atoms with Crippen LogP contribution in [-0.2, 0) is 10.0 Å². The molecule has 132 valence electrons. The summed E-state index contributed by atoms with van der Waals surface area (Å²) in [6, 6.07) is 25.0. The standard InChI is InChI=1S/C20H18N2O3S/c1-26(24,25)21-17-12-14-19(15-13-17)22(18-10-6-3-7-11-18)20(23)16-8-4-2-5-9-16/h2-15,21H,1H3. The van der Waals surface area contributed by atoms with Crippen molar-refractivity contribution in [3.8, 4) is 0 Å². The Hall–Kier alpha value is -3.12. The molecule has 0 aliphatic rings. The van der Waals surface area contributed by atoms with Gasteiger partial charge in [-0.05, 0) is 48.5 Å². The summed E-state index contributed by atoms with van der Waals surface area (Å²) in [6.07, 6.45) is 1.09. The van der Waals surface area contributed by atoms with Crippen LogP contribution in [0.2, 0.25) is 0 Å². The van der Waals surface area contributed by atoms with Crippen LogP contribution in [0.5, 0.6) is 0 Å². The van der Waals surface area contributed by atoms with E-state index in [0.717, 1.165) is 11.9 Å². The molecule has 0 spiro atoms. The first-order chi connectivity index (χ1) is 12.4. The maximum atomic E-state index is 13.1. The van der Waals surface area contributed by atoms with Crippen LogP contribution in [0.25, 0.3) is 0 Å². The normalized spacial score (nSPS) is 11.0. The number of amides is 1. The minimum Gasteiger partial charge on any atom is -0.284 e. The van der Waals surface area contributed by atoms with E-state index in [0.29, 0.717) is 16.9 Å². The van der Waals surface area contributed by atoms with Gasteiger partial charge in [-0.25, -0.2) is 8.42 Å². The number of rotatable bonds is 5. The summed E-state index contributed by atoms with van der Waals surface area (Å²) in [4.78, 5) is 14.7. The molecule has 3 aromatic rings. The van der Waals surface area contributed by atoms with E-state index in [-0.39, 0.29) is 5.91 Å². The fourth-order valence-electron chi connectivity index (χ4n) is 2.56. The third-order valence-corrected chi connectivity index (χ3v) is 4.27. The lowest BCUT2D eigenvalue weighted by Crippen LogP contribution is -2.25. The number of nitrogens with zero attached hydrogens (tertiary/aromatic N) is 1. The number of nitrogens with one attached hydrogen (secondary N) is 1. The summed E-state index contributed by atoms with van der Waals surface area (Å²) in [6.45, 7) is 0. The van der Waals surface area contributed by atoms with Gasteiger partial charge in [0.25, 0.3) is 5.91 Å². The molecule has 3 rings (SSSR count). The van der Waals surface area contributed by atoms with E-state index in [4.69, 9.17) is 0 Å². The molecule has 0 saturated heterocycles.